The molecule has 0 fully saturated rings. The topological polar surface area (TPSA) is 77.2 Å². The second-order valence-corrected chi connectivity index (χ2v) is 7.74. The molecule has 1 aliphatic heterocycles. The minimum atomic E-state index is -0.0618. The highest BCUT2D eigenvalue weighted by molar-refractivity contribution is 6.36. The van der Waals surface area contributed by atoms with Crippen molar-refractivity contribution in [1.29, 1.82) is 0 Å². The maximum absolute atomic E-state index is 12.8. The van der Waals surface area contributed by atoms with Gasteiger partial charge in [-0.25, -0.2) is 0 Å². The Morgan fingerprint density at radius 1 is 1.21 bits per heavy atom. The molecule has 146 valence electrons. The summed E-state index contributed by atoms with van der Waals surface area (Å²) >= 11 is 0. The molecule has 0 unspecified atom stereocenters. The first-order valence-corrected chi connectivity index (χ1v) is 9.76. The second kappa shape index (κ2) is 7.28. The van der Waals surface area contributed by atoms with Gasteiger partial charge in [0.15, 0.2) is 0 Å². The van der Waals surface area contributed by atoms with Crippen LogP contribution in [0.25, 0.3) is 11.1 Å². The standard InChI is InChI=1S/C22H26N4O2/c1-13-18(21(27)23-11-12-26(2)3)15-8-6-9-16(20(15)24-13)19-14-7-4-5-10-17(14)25-22(19)28/h4-5,7,10,24H,6,8-9,11-12H2,1-3H3,(H,23,27)(H,25,28)/b19-16-. The highest BCUT2D eigenvalue weighted by Gasteiger charge is 2.32. The first kappa shape index (κ1) is 18.5. The first-order valence-electron chi connectivity index (χ1n) is 9.76. The third kappa shape index (κ3) is 3.14. The Balaban J connectivity index is 1.74. The van der Waals surface area contributed by atoms with Gasteiger partial charge in [0.05, 0.1) is 11.1 Å². The first-order chi connectivity index (χ1) is 13.5. The molecule has 0 spiro atoms. The summed E-state index contributed by atoms with van der Waals surface area (Å²) in [6.45, 7) is 3.34. The minimum Gasteiger partial charge on any atom is -0.358 e. The molecule has 0 saturated carbocycles. The molecule has 3 N–H and O–H groups in total. The zero-order chi connectivity index (χ0) is 19.8. The Bertz CT molecular complexity index is 984. The summed E-state index contributed by atoms with van der Waals surface area (Å²) in [4.78, 5) is 31.0. The van der Waals surface area contributed by atoms with E-state index in [2.05, 4.69) is 15.6 Å². The quantitative estimate of drug-likeness (QED) is 0.716. The molecule has 0 atom stereocenters. The van der Waals surface area contributed by atoms with Crippen LogP contribution in [0.1, 0.15) is 45.7 Å². The molecule has 0 saturated heterocycles. The van der Waals surface area contributed by atoms with Crippen LogP contribution in [0.2, 0.25) is 0 Å². The number of carbonyl (C=O) groups is 2. The van der Waals surface area contributed by atoms with Crippen molar-refractivity contribution in [1.82, 2.24) is 15.2 Å². The van der Waals surface area contributed by atoms with Crippen LogP contribution in [0.5, 0.6) is 0 Å². The van der Waals surface area contributed by atoms with E-state index in [1.807, 2.05) is 50.2 Å². The van der Waals surface area contributed by atoms with Gasteiger partial charge in [0, 0.05) is 35.7 Å². The highest BCUT2D eigenvalue weighted by atomic mass is 16.2. The summed E-state index contributed by atoms with van der Waals surface area (Å²) in [5.41, 5.74) is 7.12. The molecule has 28 heavy (non-hydrogen) atoms. The van der Waals surface area contributed by atoms with Gasteiger partial charge < -0.3 is 20.5 Å². The molecule has 2 amide bonds. The molecular formula is C22H26N4O2. The molecule has 6 heteroatoms. The zero-order valence-electron chi connectivity index (χ0n) is 16.6. The Kier molecular flexibility index (Phi) is 4.81. The van der Waals surface area contributed by atoms with Crippen molar-refractivity contribution in [2.45, 2.75) is 26.2 Å². The van der Waals surface area contributed by atoms with E-state index < -0.39 is 0 Å². The monoisotopic (exact) mass is 378 g/mol. The summed E-state index contributed by atoms with van der Waals surface area (Å²) in [6, 6.07) is 7.78. The van der Waals surface area contributed by atoms with Gasteiger partial charge in [-0.05, 0) is 57.5 Å². The Hall–Kier alpha value is -2.86. The average Bonchev–Trinajstić information content (AvgIpc) is 3.16. The molecule has 4 rings (SSSR count). The number of likely N-dealkylation sites (N-methyl/N-ethyl adjacent to an activating group) is 1. The van der Waals surface area contributed by atoms with Gasteiger partial charge in [-0.3, -0.25) is 9.59 Å². The summed E-state index contributed by atoms with van der Waals surface area (Å²) in [7, 11) is 3.97. The lowest BCUT2D eigenvalue weighted by atomic mass is 9.86. The van der Waals surface area contributed by atoms with Crippen LogP contribution < -0.4 is 10.6 Å². The smallest absolute Gasteiger partial charge is 0.256 e. The van der Waals surface area contributed by atoms with Crippen LogP contribution in [0.15, 0.2) is 24.3 Å². The number of para-hydroxylation sites is 1. The number of aromatic amines is 1. The number of carbonyl (C=O) groups excluding carboxylic acids is 2. The fourth-order valence-electron chi connectivity index (χ4n) is 4.21. The van der Waals surface area contributed by atoms with Crippen molar-refractivity contribution in [3.05, 3.63) is 52.3 Å². The van der Waals surface area contributed by atoms with Gasteiger partial charge in [-0.1, -0.05) is 18.2 Å². The lowest BCUT2D eigenvalue weighted by Crippen LogP contribution is -2.32. The maximum Gasteiger partial charge on any atom is 0.256 e. The van der Waals surface area contributed by atoms with Crippen LogP contribution in [0.3, 0.4) is 0 Å². The summed E-state index contributed by atoms with van der Waals surface area (Å²) in [5, 5.41) is 5.98. The van der Waals surface area contributed by atoms with Crippen LogP contribution in [-0.2, 0) is 11.2 Å². The molecule has 1 aromatic heterocycles. The van der Waals surface area contributed by atoms with Gasteiger partial charge in [-0.2, -0.15) is 0 Å². The number of nitrogens with zero attached hydrogens (tertiary/aromatic N) is 1. The number of nitrogens with one attached hydrogen (secondary N) is 3. The van der Waals surface area contributed by atoms with Crippen molar-refractivity contribution >= 4 is 28.6 Å². The molecular weight excluding hydrogens is 352 g/mol. The van der Waals surface area contributed by atoms with E-state index in [0.29, 0.717) is 6.54 Å². The predicted octanol–water partition coefficient (Wildman–Crippen LogP) is 2.81. The van der Waals surface area contributed by atoms with Gasteiger partial charge in [0.25, 0.3) is 11.8 Å². The summed E-state index contributed by atoms with van der Waals surface area (Å²) < 4.78 is 0. The van der Waals surface area contributed by atoms with Crippen LogP contribution in [0.4, 0.5) is 5.69 Å². The van der Waals surface area contributed by atoms with Crippen molar-refractivity contribution in [3.8, 4) is 0 Å². The van der Waals surface area contributed by atoms with Crippen LogP contribution in [-0.4, -0.2) is 48.9 Å². The molecule has 0 bridgehead atoms. The normalized spacial score (nSPS) is 18.1. The number of anilines is 1. The van der Waals surface area contributed by atoms with Gasteiger partial charge in [0.2, 0.25) is 0 Å². The van der Waals surface area contributed by atoms with Gasteiger partial charge >= 0.3 is 0 Å². The molecule has 1 aromatic carbocycles. The summed E-state index contributed by atoms with van der Waals surface area (Å²) in [5.74, 6) is -0.104. The zero-order valence-corrected chi connectivity index (χ0v) is 16.6. The number of benzene rings is 1. The van der Waals surface area contributed by atoms with Crippen molar-refractivity contribution in [2.75, 3.05) is 32.5 Å². The minimum absolute atomic E-state index is 0.0422. The number of amides is 2. The molecule has 1 aliphatic carbocycles. The van der Waals surface area contributed by atoms with E-state index in [-0.39, 0.29) is 11.8 Å². The van der Waals surface area contributed by atoms with E-state index in [4.69, 9.17) is 0 Å². The largest absolute Gasteiger partial charge is 0.358 e. The number of rotatable bonds is 4. The molecule has 0 radical (unpaired) electrons. The highest BCUT2D eigenvalue weighted by Crippen LogP contribution is 2.42. The maximum atomic E-state index is 12.8. The number of aromatic nitrogens is 1. The van der Waals surface area contributed by atoms with Crippen molar-refractivity contribution < 1.29 is 9.59 Å². The lowest BCUT2D eigenvalue weighted by Gasteiger charge is -2.18. The van der Waals surface area contributed by atoms with E-state index in [1.165, 1.54) is 0 Å². The number of aryl methyl sites for hydroxylation is 1. The van der Waals surface area contributed by atoms with Crippen LogP contribution >= 0.6 is 0 Å². The Morgan fingerprint density at radius 2 is 2.00 bits per heavy atom. The third-order valence-corrected chi connectivity index (χ3v) is 5.49. The van der Waals surface area contributed by atoms with E-state index >= 15 is 0 Å². The van der Waals surface area contributed by atoms with Gasteiger partial charge in [-0.15, -0.1) is 0 Å². The lowest BCUT2D eigenvalue weighted by molar-refractivity contribution is -0.110. The Morgan fingerprint density at radius 3 is 2.79 bits per heavy atom. The fourth-order valence-corrected chi connectivity index (χ4v) is 4.21. The summed E-state index contributed by atoms with van der Waals surface area (Å²) in [6.07, 6.45) is 2.60. The number of fused-ring (bicyclic) bond motifs is 2. The number of allylic oxidation sites excluding steroid dienone is 1. The molecule has 2 heterocycles. The van der Waals surface area contributed by atoms with E-state index in [0.717, 1.165) is 70.7 Å². The number of hydrogen-bond donors (Lipinski definition) is 3. The SMILES string of the molecule is Cc1[nH]c2c(c1C(=O)NCCN(C)C)CCC/C2=C1/C(=O)Nc2ccccc21. The molecule has 2 aromatic rings. The van der Waals surface area contributed by atoms with Crippen LogP contribution in [0, 0.1) is 6.92 Å². The van der Waals surface area contributed by atoms with E-state index in [9.17, 15) is 9.59 Å². The molecule has 6 nitrogen and oxygen atoms in total. The van der Waals surface area contributed by atoms with E-state index in [1.54, 1.807) is 0 Å². The van der Waals surface area contributed by atoms with Crippen molar-refractivity contribution in [2.24, 2.45) is 0 Å². The third-order valence-electron chi connectivity index (χ3n) is 5.49. The average molecular weight is 378 g/mol. The molecule has 2 aliphatic rings. The predicted molar refractivity (Wildman–Crippen MR) is 111 cm³/mol. The Labute approximate surface area is 165 Å². The van der Waals surface area contributed by atoms with Crippen molar-refractivity contribution in [3.63, 3.8) is 0 Å². The number of H-pyrrole nitrogens is 1. The number of hydrogen-bond acceptors (Lipinski definition) is 3. The van der Waals surface area contributed by atoms with Gasteiger partial charge in [0.1, 0.15) is 0 Å². The second-order valence-electron chi connectivity index (χ2n) is 7.74. The fraction of sp³-hybridized carbons (Fsp3) is 0.364.